The summed E-state index contributed by atoms with van der Waals surface area (Å²) in [6.45, 7) is 0.294. The Labute approximate surface area is 104 Å². The Morgan fingerprint density at radius 2 is 2.00 bits per heavy atom. The van der Waals surface area contributed by atoms with E-state index in [4.69, 9.17) is 9.84 Å². The van der Waals surface area contributed by atoms with Gasteiger partial charge in [-0.25, -0.2) is 0 Å². The van der Waals surface area contributed by atoms with Crippen molar-refractivity contribution in [3.63, 3.8) is 0 Å². The molecule has 0 heterocycles. The highest BCUT2D eigenvalue weighted by Crippen LogP contribution is 2.34. The summed E-state index contributed by atoms with van der Waals surface area (Å²) in [7, 11) is 3.22. The second-order valence-electron chi connectivity index (χ2n) is 3.91. The molecule has 1 rings (SSSR count). The number of hydrogen-bond donors (Lipinski definition) is 1. The normalized spacial score (nSPS) is 11.7. The molecule has 0 amide bonds. The molecular weight excluding hydrogens is 247 g/mol. The highest BCUT2D eigenvalue weighted by atomic mass is 19.4. The Kier molecular flexibility index (Phi) is 4.98. The lowest BCUT2D eigenvalue weighted by Crippen LogP contribution is -2.22. The first-order valence-corrected chi connectivity index (χ1v) is 5.41. The van der Waals surface area contributed by atoms with Gasteiger partial charge in [-0.3, -0.25) is 0 Å². The van der Waals surface area contributed by atoms with E-state index in [1.165, 1.54) is 13.2 Å². The second-order valence-corrected chi connectivity index (χ2v) is 3.91. The summed E-state index contributed by atoms with van der Waals surface area (Å²) in [4.78, 5) is 1.67. The van der Waals surface area contributed by atoms with Gasteiger partial charge in [-0.15, -0.1) is 0 Å². The summed E-state index contributed by atoms with van der Waals surface area (Å²) < 4.78 is 43.2. The second kappa shape index (κ2) is 6.06. The molecule has 1 N–H and O–H groups in total. The quantitative estimate of drug-likeness (QED) is 0.884. The van der Waals surface area contributed by atoms with Crippen molar-refractivity contribution in [2.24, 2.45) is 0 Å². The van der Waals surface area contributed by atoms with Crippen LogP contribution in [0.25, 0.3) is 0 Å². The summed E-state index contributed by atoms with van der Waals surface area (Å²) in [5, 5.41) is 8.92. The molecule has 0 aliphatic heterocycles. The van der Waals surface area contributed by atoms with E-state index < -0.39 is 18.3 Å². The van der Waals surface area contributed by atoms with Crippen molar-refractivity contribution >= 4 is 5.69 Å². The Hall–Kier alpha value is -1.27. The lowest BCUT2D eigenvalue weighted by atomic mass is 10.1. The van der Waals surface area contributed by atoms with Crippen LogP contribution in [0, 0.1) is 0 Å². The molecule has 1 aromatic carbocycles. The van der Waals surface area contributed by atoms with Crippen molar-refractivity contribution in [3.8, 4) is 0 Å². The van der Waals surface area contributed by atoms with Crippen LogP contribution in [0.3, 0.4) is 0 Å². The van der Waals surface area contributed by atoms with Crippen molar-refractivity contribution in [2.45, 2.75) is 12.8 Å². The van der Waals surface area contributed by atoms with Gasteiger partial charge in [0.2, 0.25) is 0 Å². The Morgan fingerprint density at radius 1 is 1.33 bits per heavy atom. The number of nitrogens with zero attached hydrogens (tertiary/aromatic N) is 1. The average Bonchev–Trinajstić information content (AvgIpc) is 2.34. The van der Waals surface area contributed by atoms with Crippen molar-refractivity contribution in [1.29, 1.82) is 0 Å². The zero-order valence-corrected chi connectivity index (χ0v) is 10.3. The molecule has 0 bridgehead atoms. The summed E-state index contributed by atoms with van der Waals surface area (Å²) in [6.07, 6.45) is -4.46. The number of benzene rings is 1. The fourth-order valence-corrected chi connectivity index (χ4v) is 1.56. The number of hydrogen-bond acceptors (Lipinski definition) is 3. The summed E-state index contributed by atoms with van der Waals surface area (Å²) in [5.74, 6) is 0. The number of aliphatic hydroxyl groups excluding tert-OH is 1. The smallest absolute Gasteiger partial charge is 0.392 e. The Balaban J connectivity index is 3.03. The summed E-state index contributed by atoms with van der Waals surface area (Å²) >= 11 is 0. The molecular formula is C12H16F3NO2. The van der Waals surface area contributed by atoms with Crippen LogP contribution in [0.4, 0.5) is 18.9 Å². The first-order valence-electron chi connectivity index (χ1n) is 5.41. The van der Waals surface area contributed by atoms with Crippen molar-refractivity contribution < 1.29 is 23.0 Å². The van der Waals surface area contributed by atoms with Crippen LogP contribution in [-0.2, 0) is 17.5 Å². The number of anilines is 1. The largest absolute Gasteiger partial charge is 0.416 e. The van der Waals surface area contributed by atoms with E-state index in [1.807, 2.05) is 0 Å². The van der Waals surface area contributed by atoms with Gasteiger partial charge in [0.1, 0.15) is 0 Å². The first-order chi connectivity index (χ1) is 8.40. The van der Waals surface area contributed by atoms with Gasteiger partial charge in [-0.1, -0.05) is 6.07 Å². The number of likely N-dealkylation sites (N-methyl/N-ethyl adjacent to an activating group) is 1. The highest BCUT2D eigenvalue weighted by Gasteiger charge is 2.33. The minimum absolute atomic E-state index is 0.119. The molecule has 6 heteroatoms. The Bertz CT molecular complexity index is 393. The molecule has 0 atom stereocenters. The van der Waals surface area contributed by atoms with E-state index in [2.05, 4.69) is 0 Å². The van der Waals surface area contributed by atoms with E-state index in [0.717, 1.165) is 6.07 Å². The van der Waals surface area contributed by atoms with Gasteiger partial charge in [0.25, 0.3) is 0 Å². The topological polar surface area (TPSA) is 32.7 Å². The van der Waals surface area contributed by atoms with Gasteiger partial charge in [-0.05, 0) is 17.7 Å². The van der Waals surface area contributed by atoms with Crippen molar-refractivity contribution in [2.75, 3.05) is 32.2 Å². The predicted molar refractivity (Wildman–Crippen MR) is 62.5 cm³/mol. The number of alkyl halides is 3. The van der Waals surface area contributed by atoms with Crippen LogP contribution in [0.1, 0.15) is 11.1 Å². The maximum atomic E-state index is 12.8. The molecule has 0 saturated carbocycles. The van der Waals surface area contributed by atoms with E-state index >= 15 is 0 Å². The maximum absolute atomic E-state index is 12.8. The number of ether oxygens (including phenoxy) is 1. The molecule has 0 radical (unpaired) electrons. The number of halogens is 3. The predicted octanol–water partition coefficient (Wildman–Crippen LogP) is 2.28. The third-order valence-corrected chi connectivity index (χ3v) is 2.64. The zero-order chi connectivity index (χ0) is 13.8. The lowest BCUT2D eigenvalue weighted by Gasteiger charge is -2.21. The third kappa shape index (κ3) is 3.61. The maximum Gasteiger partial charge on any atom is 0.416 e. The SMILES string of the molecule is COCCN(C)c1ccc(CO)c(C(F)(F)F)c1. The van der Waals surface area contributed by atoms with Gasteiger partial charge in [0.15, 0.2) is 0 Å². The fourth-order valence-electron chi connectivity index (χ4n) is 1.56. The number of rotatable bonds is 5. The van der Waals surface area contributed by atoms with Gasteiger partial charge in [0.05, 0.1) is 18.8 Å². The fraction of sp³-hybridized carbons (Fsp3) is 0.500. The summed E-state index contributed by atoms with van der Waals surface area (Å²) in [5.41, 5.74) is -0.477. The minimum atomic E-state index is -4.46. The van der Waals surface area contributed by atoms with Crippen LogP contribution in [-0.4, -0.2) is 32.4 Å². The molecule has 0 unspecified atom stereocenters. The molecule has 0 aliphatic carbocycles. The van der Waals surface area contributed by atoms with Crippen LogP contribution in [0.2, 0.25) is 0 Å². The first kappa shape index (κ1) is 14.8. The Morgan fingerprint density at radius 3 is 2.50 bits per heavy atom. The van der Waals surface area contributed by atoms with Crippen LogP contribution in [0.5, 0.6) is 0 Å². The lowest BCUT2D eigenvalue weighted by molar-refractivity contribution is -0.138. The third-order valence-electron chi connectivity index (χ3n) is 2.64. The molecule has 18 heavy (non-hydrogen) atoms. The van der Waals surface area contributed by atoms with Crippen LogP contribution >= 0.6 is 0 Å². The highest BCUT2D eigenvalue weighted by molar-refractivity contribution is 5.51. The van der Waals surface area contributed by atoms with Gasteiger partial charge in [-0.2, -0.15) is 13.2 Å². The number of aliphatic hydroxyl groups is 1. The molecule has 0 saturated heterocycles. The van der Waals surface area contributed by atoms with Gasteiger partial charge in [0, 0.05) is 26.4 Å². The van der Waals surface area contributed by atoms with Crippen molar-refractivity contribution in [1.82, 2.24) is 0 Å². The molecule has 0 aliphatic rings. The van der Waals surface area contributed by atoms with Crippen LogP contribution in [0.15, 0.2) is 18.2 Å². The van der Waals surface area contributed by atoms with Gasteiger partial charge < -0.3 is 14.7 Å². The standard InChI is InChI=1S/C12H16F3NO2/c1-16(5-6-18-2)10-4-3-9(8-17)11(7-10)12(13,14)15/h3-4,7,17H,5-6,8H2,1-2H3. The molecule has 0 spiro atoms. The molecule has 1 aromatic rings. The van der Waals surface area contributed by atoms with Crippen LogP contribution < -0.4 is 4.90 Å². The summed E-state index contributed by atoms with van der Waals surface area (Å²) in [6, 6.07) is 3.89. The van der Waals surface area contributed by atoms with E-state index in [0.29, 0.717) is 18.8 Å². The number of methoxy groups -OCH3 is 1. The molecule has 3 nitrogen and oxygen atoms in total. The van der Waals surface area contributed by atoms with E-state index in [9.17, 15) is 13.2 Å². The molecule has 102 valence electrons. The van der Waals surface area contributed by atoms with Crippen molar-refractivity contribution in [3.05, 3.63) is 29.3 Å². The minimum Gasteiger partial charge on any atom is -0.392 e. The monoisotopic (exact) mass is 263 g/mol. The van der Waals surface area contributed by atoms with E-state index in [1.54, 1.807) is 18.0 Å². The molecule has 0 aromatic heterocycles. The van der Waals surface area contributed by atoms with E-state index in [-0.39, 0.29) is 5.56 Å². The zero-order valence-electron chi connectivity index (χ0n) is 10.3. The van der Waals surface area contributed by atoms with Gasteiger partial charge >= 0.3 is 6.18 Å². The molecule has 0 fully saturated rings. The average molecular weight is 263 g/mol.